The van der Waals surface area contributed by atoms with Crippen LogP contribution in [0.2, 0.25) is 5.02 Å². The van der Waals surface area contributed by atoms with Crippen LogP contribution >= 0.6 is 11.6 Å². The maximum atomic E-state index is 8.44. The predicted molar refractivity (Wildman–Crippen MR) is 46.7 cm³/mol. The molecule has 1 aromatic rings. The van der Waals surface area contributed by atoms with Crippen LogP contribution in [-0.2, 0) is 0 Å². The van der Waals surface area contributed by atoms with Crippen LogP contribution in [0.15, 0.2) is 18.2 Å². The second-order valence-electron chi connectivity index (χ2n) is 2.13. The van der Waals surface area contributed by atoms with Crippen molar-refractivity contribution >= 4 is 24.6 Å². The molecular weight excluding hydrogens is 180 g/mol. The first kappa shape index (κ1) is 9.19. The lowest BCUT2D eigenvalue weighted by atomic mass is 10.2. The first-order chi connectivity index (χ1) is 5.59. The van der Waals surface area contributed by atoms with Crippen LogP contribution in [0.25, 0.3) is 0 Å². The molecule has 0 aliphatic rings. The highest BCUT2D eigenvalue weighted by molar-refractivity contribution is 6.34. The molecule has 0 saturated heterocycles. The van der Waals surface area contributed by atoms with Gasteiger partial charge in [-0.05, 0) is 18.2 Å². The zero-order chi connectivity index (χ0) is 9.14. The molecule has 4 nitrogen and oxygen atoms in total. The van der Waals surface area contributed by atoms with E-state index in [1.54, 1.807) is 0 Å². The van der Waals surface area contributed by atoms with Gasteiger partial charge in [-0.15, -0.1) is 0 Å². The minimum absolute atomic E-state index is 0.189. The fourth-order valence-electron chi connectivity index (χ4n) is 0.740. The number of benzene rings is 1. The number of rotatable bonds is 2. The van der Waals surface area contributed by atoms with Gasteiger partial charge in [0.2, 0.25) is 0 Å². The van der Waals surface area contributed by atoms with Crippen molar-refractivity contribution in [2.24, 2.45) is 0 Å². The SMILES string of the molecule is Nc1cc(Cl)ccc1OB(O)O. The molecule has 0 bridgehead atoms. The fraction of sp³-hybridized carbons (Fsp3) is 0. The van der Waals surface area contributed by atoms with E-state index in [9.17, 15) is 0 Å². The summed E-state index contributed by atoms with van der Waals surface area (Å²) in [5.74, 6) is 0.189. The summed E-state index contributed by atoms with van der Waals surface area (Å²) in [5.41, 5.74) is 5.70. The van der Waals surface area contributed by atoms with Crippen molar-refractivity contribution in [1.29, 1.82) is 0 Å². The molecule has 6 heteroatoms. The number of nitrogens with two attached hydrogens (primary N) is 1. The van der Waals surface area contributed by atoms with Gasteiger partial charge in [0, 0.05) is 5.02 Å². The van der Waals surface area contributed by atoms with Crippen molar-refractivity contribution in [1.82, 2.24) is 0 Å². The van der Waals surface area contributed by atoms with Gasteiger partial charge in [0.15, 0.2) is 0 Å². The molecule has 0 radical (unpaired) electrons. The van der Waals surface area contributed by atoms with Gasteiger partial charge >= 0.3 is 7.32 Å². The third kappa shape index (κ3) is 2.30. The third-order valence-electron chi connectivity index (χ3n) is 1.20. The Labute approximate surface area is 74.7 Å². The summed E-state index contributed by atoms with van der Waals surface area (Å²) < 4.78 is 4.53. The average molecular weight is 187 g/mol. The van der Waals surface area contributed by atoms with E-state index in [4.69, 9.17) is 27.4 Å². The number of nitrogen functional groups attached to an aromatic ring is 1. The summed E-state index contributed by atoms with van der Waals surface area (Å²) >= 11 is 5.59. The van der Waals surface area contributed by atoms with E-state index in [-0.39, 0.29) is 11.4 Å². The summed E-state index contributed by atoms with van der Waals surface area (Å²) in [6.45, 7) is 0. The largest absolute Gasteiger partial charge is 0.707 e. The van der Waals surface area contributed by atoms with E-state index in [0.717, 1.165) is 0 Å². The van der Waals surface area contributed by atoms with Gasteiger partial charge in [-0.1, -0.05) is 11.6 Å². The van der Waals surface area contributed by atoms with Crippen molar-refractivity contribution < 1.29 is 14.7 Å². The Morgan fingerprint density at radius 3 is 2.58 bits per heavy atom. The monoisotopic (exact) mass is 187 g/mol. The third-order valence-corrected chi connectivity index (χ3v) is 1.44. The predicted octanol–water partition coefficient (Wildman–Crippen LogP) is 0.271. The Kier molecular flexibility index (Phi) is 2.81. The van der Waals surface area contributed by atoms with Crippen LogP contribution in [0, 0.1) is 0 Å². The van der Waals surface area contributed by atoms with Gasteiger partial charge < -0.3 is 20.4 Å². The highest BCUT2D eigenvalue weighted by atomic mass is 35.5. The van der Waals surface area contributed by atoms with Crippen LogP contribution in [-0.4, -0.2) is 17.4 Å². The van der Waals surface area contributed by atoms with E-state index in [1.807, 2.05) is 0 Å². The van der Waals surface area contributed by atoms with Crippen LogP contribution in [0.1, 0.15) is 0 Å². The van der Waals surface area contributed by atoms with E-state index < -0.39 is 7.32 Å². The summed E-state index contributed by atoms with van der Waals surface area (Å²) in [6, 6.07) is 4.45. The normalized spacial score (nSPS) is 9.58. The van der Waals surface area contributed by atoms with Crippen molar-refractivity contribution in [3.63, 3.8) is 0 Å². The number of hydrogen-bond donors (Lipinski definition) is 3. The van der Waals surface area contributed by atoms with Crippen LogP contribution < -0.4 is 10.4 Å². The molecule has 64 valence electrons. The van der Waals surface area contributed by atoms with Gasteiger partial charge in [0.1, 0.15) is 5.75 Å². The number of hydrogen-bond acceptors (Lipinski definition) is 4. The van der Waals surface area contributed by atoms with E-state index in [2.05, 4.69) is 4.65 Å². The average Bonchev–Trinajstić information content (AvgIpc) is 1.94. The molecule has 0 saturated carbocycles. The first-order valence-electron chi connectivity index (χ1n) is 3.17. The lowest BCUT2D eigenvalue weighted by Crippen LogP contribution is -2.21. The molecule has 4 N–H and O–H groups in total. The first-order valence-corrected chi connectivity index (χ1v) is 3.55. The molecule has 0 atom stereocenters. The molecule has 0 aromatic heterocycles. The summed E-state index contributed by atoms with van der Waals surface area (Å²) in [7, 11) is -1.87. The maximum Gasteiger partial charge on any atom is 0.707 e. The Morgan fingerprint density at radius 2 is 2.08 bits per heavy atom. The second-order valence-corrected chi connectivity index (χ2v) is 2.56. The number of anilines is 1. The van der Waals surface area contributed by atoms with Crippen molar-refractivity contribution in [3.05, 3.63) is 23.2 Å². The topological polar surface area (TPSA) is 75.7 Å². The summed E-state index contributed by atoms with van der Waals surface area (Å²) in [6.07, 6.45) is 0. The van der Waals surface area contributed by atoms with Gasteiger partial charge in [-0.2, -0.15) is 0 Å². The molecular formula is C6H7BClNO3. The van der Waals surface area contributed by atoms with Gasteiger partial charge in [-0.25, -0.2) is 0 Å². The molecule has 0 spiro atoms. The summed E-state index contributed by atoms with van der Waals surface area (Å²) in [5, 5.41) is 17.4. The molecule has 0 unspecified atom stereocenters. The molecule has 0 aliphatic heterocycles. The number of halogens is 1. The fourth-order valence-corrected chi connectivity index (χ4v) is 0.921. The lowest BCUT2D eigenvalue weighted by molar-refractivity contribution is 0.289. The van der Waals surface area contributed by atoms with Crippen LogP contribution in [0.3, 0.4) is 0 Å². The molecule has 0 amide bonds. The van der Waals surface area contributed by atoms with Crippen molar-refractivity contribution in [2.75, 3.05) is 5.73 Å². The molecule has 12 heavy (non-hydrogen) atoms. The zero-order valence-electron chi connectivity index (χ0n) is 6.07. The quantitative estimate of drug-likeness (QED) is 0.459. The minimum atomic E-state index is -1.87. The Balaban J connectivity index is 2.86. The Hall–Kier alpha value is -0.905. The smallest absolute Gasteiger partial charge is 0.510 e. The Bertz CT molecular complexity index is 281. The highest BCUT2D eigenvalue weighted by Crippen LogP contribution is 2.24. The summed E-state index contributed by atoms with van der Waals surface area (Å²) in [4.78, 5) is 0. The standard InChI is InChI=1S/C6H7BClNO3/c8-4-1-2-6(5(9)3-4)12-7(10)11/h1-3,10-11H,9H2. The van der Waals surface area contributed by atoms with Gasteiger partial charge in [0.25, 0.3) is 0 Å². The van der Waals surface area contributed by atoms with Gasteiger partial charge in [-0.3, -0.25) is 0 Å². The Morgan fingerprint density at radius 1 is 1.42 bits per heavy atom. The molecule has 0 aliphatic carbocycles. The van der Waals surface area contributed by atoms with Crippen molar-refractivity contribution in [3.8, 4) is 5.75 Å². The second kappa shape index (κ2) is 3.66. The lowest BCUT2D eigenvalue weighted by Gasteiger charge is -2.07. The van der Waals surface area contributed by atoms with Crippen LogP contribution in [0.4, 0.5) is 5.69 Å². The molecule has 1 aromatic carbocycles. The van der Waals surface area contributed by atoms with E-state index >= 15 is 0 Å². The van der Waals surface area contributed by atoms with Crippen LogP contribution in [0.5, 0.6) is 5.75 Å². The maximum absolute atomic E-state index is 8.44. The molecule has 1 rings (SSSR count). The zero-order valence-corrected chi connectivity index (χ0v) is 6.82. The van der Waals surface area contributed by atoms with Crippen molar-refractivity contribution in [2.45, 2.75) is 0 Å². The molecule has 0 heterocycles. The molecule has 0 fully saturated rings. The van der Waals surface area contributed by atoms with Gasteiger partial charge in [0.05, 0.1) is 5.69 Å². The minimum Gasteiger partial charge on any atom is -0.510 e. The van der Waals surface area contributed by atoms with E-state index in [0.29, 0.717) is 5.02 Å². The highest BCUT2D eigenvalue weighted by Gasteiger charge is 2.12. The van der Waals surface area contributed by atoms with E-state index in [1.165, 1.54) is 18.2 Å².